The summed E-state index contributed by atoms with van der Waals surface area (Å²) < 4.78 is 26.1. The van der Waals surface area contributed by atoms with E-state index < -0.39 is 5.95 Å². The second kappa shape index (κ2) is 8.33. The molecule has 2 aliphatic heterocycles. The van der Waals surface area contributed by atoms with Crippen LogP contribution >= 0.6 is 11.3 Å². The lowest BCUT2D eigenvalue weighted by atomic mass is 10.1. The van der Waals surface area contributed by atoms with Crippen molar-refractivity contribution in [1.29, 1.82) is 0 Å². The van der Waals surface area contributed by atoms with Gasteiger partial charge in [0, 0.05) is 34.5 Å². The number of hydrogen-bond donors (Lipinski definition) is 3. The van der Waals surface area contributed by atoms with Gasteiger partial charge in [0.2, 0.25) is 17.8 Å². The lowest BCUT2D eigenvalue weighted by molar-refractivity contribution is 0.0949. The van der Waals surface area contributed by atoms with E-state index in [0.717, 1.165) is 39.2 Å². The molecule has 1 amide bonds. The van der Waals surface area contributed by atoms with Crippen molar-refractivity contribution >= 4 is 55.7 Å². The van der Waals surface area contributed by atoms with Crippen molar-refractivity contribution < 1.29 is 18.7 Å². The summed E-state index contributed by atoms with van der Waals surface area (Å²) in [5.74, 6) is -0.105. The summed E-state index contributed by atoms with van der Waals surface area (Å²) >= 11 is 1.46. The Morgan fingerprint density at radius 3 is 3.00 bits per heavy atom. The van der Waals surface area contributed by atoms with Gasteiger partial charge in [-0.25, -0.2) is 4.98 Å². The van der Waals surface area contributed by atoms with Crippen LogP contribution in [0.3, 0.4) is 0 Å². The number of carbonyl (C=O) groups excluding carboxylic acids is 1. The van der Waals surface area contributed by atoms with Gasteiger partial charge < -0.3 is 25.4 Å². The number of fused-ring (bicyclic) bond motifs is 5. The first-order chi connectivity index (χ1) is 16.5. The van der Waals surface area contributed by atoms with Crippen LogP contribution in [0.5, 0.6) is 5.88 Å². The number of carbonyl (C=O) groups is 1. The zero-order valence-corrected chi connectivity index (χ0v) is 19.0. The maximum Gasteiger partial charge on any atom is 0.263 e. The molecular formula is C23H21FN6O3S. The van der Waals surface area contributed by atoms with Gasteiger partial charge in [-0.2, -0.15) is 14.4 Å². The topological polar surface area (TPSA) is 110 Å². The molecule has 1 fully saturated rings. The Morgan fingerprint density at radius 1 is 1.24 bits per heavy atom. The number of nitrogens with one attached hydrogen (secondary N) is 3. The molecule has 1 aromatic carbocycles. The van der Waals surface area contributed by atoms with Crippen molar-refractivity contribution in [2.75, 3.05) is 30.4 Å². The number of halogens is 1. The summed E-state index contributed by atoms with van der Waals surface area (Å²) in [4.78, 5) is 26.0. The summed E-state index contributed by atoms with van der Waals surface area (Å²) in [6, 6.07) is 8.76. The minimum atomic E-state index is -0.701. The van der Waals surface area contributed by atoms with E-state index in [4.69, 9.17) is 9.47 Å². The molecule has 3 N–H and O–H groups in total. The van der Waals surface area contributed by atoms with Gasteiger partial charge in [-0.1, -0.05) is 0 Å². The molecule has 174 valence electrons. The Hall–Kier alpha value is -3.57. The predicted molar refractivity (Wildman–Crippen MR) is 128 cm³/mol. The molecule has 3 aromatic heterocycles. The molecule has 9 nitrogen and oxygen atoms in total. The van der Waals surface area contributed by atoms with Crippen LogP contribution in [0.1, 0.15) is 23.0 Å². The van der Waals surface area contributed by atoms with Gasteiger partial charge in [0.05, 0.1) is 30.5 Å². The summed E-state index contributed by atoms with van der Waals surface area (Å²) in [7, 11) is 0. The smallest absolute Gasteiger partial charge is 0.263 e. The van der Waals surface area contributed by atoms with Crippen molar-refractivity contribution in [1.82, 2.24) is 20.3 Å². The third-order valence-corrected chi connectivity index (χ3v) is 6.93. The summed E-state index contributed by atoms with van der Waals surface area (Å²) in [6.07, 6.45) is 0.583. The highest BCUT2D eigenvalue weighted by atomic mass is 32.1. The minimum Gasteiger partial charge on any atom is -0.472 e. The molecule has 0 bridgehead atoms. The summed E-state index contributed by atoms with van der Waals surface area (Å²) in [6.45, 7) is 3.68. The second-order valence-corrected chi connectivity index (χ2v) is 9.40. The van der Waals surface area contributed by atoms with Gasteiger partial charge in [0.15, 0.2) is 0 Å². The molecule has 2 atom stereocenters. The standard InChI is InChI=1S/C23H21FN6O3S/c1-11-9-25-20-19-13-2-5-17(27-14(13)3-4-15(19)34-21(20)22(31)26-11)29-23-28-16(24)8-18(30-23)33-12-6-7-32-10-12/h2-5,8,11-12,25H,6-7,9-10H2,1H3,(H,26,31)(H,27,28,29,30)/t11-,12+/m0/s1. The van der Waals surface area contributed by atoms with Crippen molar-refractivity contribution in [2.24, 2.45) is 0 Å². The first kappa shape index (κ1) is 21.0. The lowest BCUT2D eigenvalue weighted by Gasteiger charge is -2.12. The molecule has 4 aromatic rings. The molecule has 0 spiro atoms. The monoisotopic (exact) mass is 480 g/mol. The zero-order valence-electron chi connectivity index (χ0n) is 18.2. The van der Waals surface area contributed by atoms with Crippen LogP contribution in [0, 0.1) is 5.95 Å². The normalized spacial score (nSPS) is 20.0. The van der Waals surface area contributed by atoms with Crippen molar-refractivity contribution in [3.63, 3.8) is 0 Å². The number of aromatic nitrogens is 3. The first-order valence-electron chi connectivity index (χ1n) is 11.0. The Balaban J connectivity index is 1.33. The van der Waals surface area contributed by atoms with E-state index in [0.29, 0.717) is 30.5 Å². The first-order valence-corrected chi connectivity index (χ1v) is 11.8. The Labute approximate surface area is 197 Å². The van der Waals surface area contributed by atoms with Crippen LogP contribution in [0.15, 0.2) is 30.3 Å². The molecule has 0 aliphatic carbocycles. The number of ether oxygens (including phenoxy) is 2. The van der Waals surface area contributed by atoms with Gasteiger partial charge in [-0.05, 0) is 31.2 Å². The van der Waals surface area contributed by atoms with Crippen molar-refractivity contribution in [3.05, 3.63) is 41.2 Å². The Kier molecular flexibility index (Phi) is 5.15. The molecule has 6 rings (SSSR count). The number of benzene rings is 1. The number of thiophene rings is 1. The van der Waals surface area contributed by atoms with E-state index in [2.05, 4.69) is 30.9 Å². The Bertz CT molecular complexity index is 1420. The Morgan fingerprint density at radius 2 is 2.15 bits per heavy atom. The van der Waals surface area contributed by atoms with Crippen LogP contribution in [-0.4, -0.2) is 52.8 Å². The average molecular weight is 481 g/mol. The highest BCUT2D eigenvalue weighted by Crippen LogP contribution is 2.41. The fraction of sp³-hybridized carbons (Fsp3) is 0.304. The highest BCUT2D eigenvalue weighted by molar-refractivity contribution is 7.21. The number of anilines is 3. The predicted octanol–water partition coefficient (Wildman–Crippen LogP) is 3.83. The van der Waals surface area contributed by atoms with Crippen molar-refractivity contribution in [2.45, 2.75) is 25.5 Å². The van der Waals surface area contributed by atoms with Gasteiger partial charge in [0.1, 0.15) is 16.8 Å². The van der Waals surface area contributed by atoms with Gasteiger partial charge in [-0.3, -0.25) is 4.79 Å². The lowest BCUT2D eigenvalue weighted by Crippen LogP contribution is -2.34. The van der Waals surface area contributed by atoms with Crippen LogP contribution in [0.25, 0.3) is 21.0 Å². The maximum absolute atomic E-state index is 14.1. The largest absolute Gasteiger partial charge is 0.472 e. The fourth-order valence-corrected chi connectivity index (χ4v) is 5.30. The van der Waals surface area contributed by atoms with Gasteiger partial charge >= 0.3 is 0 Å². The number of pyridine rings is 1. The average Bonchev–Trinajstić information content (AvgIpc) is 3.42. The van der Waals surface area contributed by atoms with Crippen molar-refractivity contribution in [3.8, 4) is 5.88 Å². The molecule has 0 radical (unpaired) electrons. The quantitative estimate of drug-likeness (QED) is 0.378. The number of amides is 1. The fourth-order valence-electron chi connectivity index (χ4n) is 4.20. The van der Waals surface area contributed by atoms with E-state index in [1.807, 2.05) is 25.1 Å². The maximum atomic E-state index is 14.1. The zero-order chi connectivity index (χ0) is 23.2. The molecular weight excluding hydrogens is 459 g/mol. The number of hydrogen-bond acceptors (Lipinski definition) is 9. The van der Waals surface area contributed by atoms with Crippen LogP contribution in [-0.2, 0) is 4.74 Å². The van der Waals surface area contributed by atoms with Gasteiger partial charge in [-0.15, -0.1) is 11.3 Å². The SMILES string of the molecule is C[C@H]1CNc2c(sc3ccc4nc(Nc5nc(F)cc(O[C@@H]6CCOC6)n5)ccc4c23)C(=O)N1. The van der Waals surface area contributed by atoms with Crippen LogP contribution < -0.4 is 20.7 Å². The van der Waals surface area contributed by atoms with Crippen LogP contribution in [0.4, 0.5) is 21.8 Å². The molecule has 34 heavy (non-hydrogen) atoms. The van der Waals surface area contributed by atoms with Gasteiger partial charge in [0.25, 0.3) is 5.91 Å². The summed E-state index contributed by atoms with van der Waals surface area (Å²) in [5.41, 5.74) is 1.56. The highest BCUT2D eigenvalue weighted by Gasteiger charge is 2.25. The number of nitrogens with zero attached hydrogens (tertiary/aromatic N) is 3. The molecule has 0 unspecified atom stereocenters. The second-order valence-electron chi connectivity index (χ2n) is 8.34. The molecule has 11 heteroatoms. The van der Waals surface area contributed by atoms with E-state index in [1.165, 1.54) is 11.3 Å². The molecule has 5 heterocycles. The molecule has 1 saturated heterocycles. The van der Waals surface area contributed by atoms with E-state index in [1.54, 1.807) is 6.07 Å². The van der Waals surface area contributed by atoms with E-state index in [-0.39, 0.29) is 29.9 Å². The summed E-state index contributed by atoms with van der Waals surface area (Å²) in [5, 5.41) is 11.3. The minimum absolute atomic E-state index is 0.0346. The van der Waals surface area contributed by atoms with E-state index >= 15 is 0 Å². The third kappa shape index (κ3) is 3.86. The third-order valence-electron chi connectivity index (χ3n) is 5.78. The number of rotatable bonds is 4. The molecule has 2 aliphatic rings. The van der Waals surface area contributed by atoms with E-state index in [9.17, 15) is 9.18 Å². The molecule has 0 saturated carbocycles. The van der Waals surface area contributed by atoms with Crippen LogP contribution in [0.2, 0.25) is 0 Å².